The molecule has 0 bridgehead atoms. The Kier molecular flexibility index (Phi) is 7.21. The summed E-state index contributed by atoms with van der Waals surface area (Å²) in [7, 11) is 1.45. The third-order valence-electron chi connectivity index (χ3n) is 3.01. The normalized spacial score (nSPS) is 12.8. The van der Waals surface area contributed by atoms with Crippen molar-refractivity contribution in [1.29, 1.82) is 0 Å². The molecule has 1 N–H and O–H groups in total. The summed E-state index contributed by atoms with van der Waals surface area (Å²) in [6, 6.07) is 8.23. The molecule has 0 saturated carbocycles. The molecule has 1 rings (SSSR count). The number of amides is 1. The Labute approximate surface area is 134 Å². The van der Waals surface area contributed by atoms with Gasteiger partial charge in [-0.2, -0.15) is 0 Å². The van der Waals surface area contributed by atoms with Crippen molar-refractivity contribution in [3.05, 3.63) is 35.9 Å². The number of methoxy groups -OCH3 is 1. The molecular formula is C16H21NO6. The van der Waals surface area contributed by atoms with Crippen LogP contribution in [0.3, 0.4) is 0 Å². The van der Waals surface area contributed by atoms with Gasteiger partial charge in [0.05, 0.1) is 13.2 Å². The predicted molar refractivity (Wildman–Crippen MR) is 81.8 cm³/mol. The fourth-order valence-electron chi connectivity index (χ4n) is 1.71. The van der Waals surface area contributed by atoms with Crippen molar-refractivity contribution >= 4 is 17.8 Å². The van der Waals surface area contributed by atoms with Gasteiger partial charge in [0.1, 0.15) is 6.61 Å². The third-order valence-corrected chi connectivity index (χ3v) is 3.01. The second-order valence-corrected chi connectivity index (χ2v) is 4.79. The van der Waals surface area contributed by atoms with Crippen LogP contribution < -0.4 is 5.32 Å². The first kappa shape index (κ1) is 18.6. The van der Waals surface area contributed by atoms with E-state index in [1.54, 1.807) is 37.3 Å². The summed E-state index contributed by atoms with van der Waals surface area (Å²) in [6.45, 7) is 3.07. The van der Waals surface area contributed by atoms with E-state index in [0.717, 1.165) is 0 Å². The first-order chi connectivity index (χ1) is 11.0. The zero-order chi connectivity index (χ0) is 17.3. The molecule has 0 radical (unpaired) electrons. The summed E-state index contributed by atoms with van der Waals surface area (Å²) in [5.74, 6) is -2.37. The van der Waals surface area contributed by atoms with Crippen LogP contribution in [0.15, 0.2) is 30.3 Å². The van der Waals surface area contributed by atoms with E-state index in [0.29, 0.717) is 5.56 Å². The minimum absolute atomic E-state index is 0.0362. The predicted octanol–water partition coefficient (Wildman–Crippen LogP) is 0.928. The second kappa shape index (κ2) is 8.89. The molecule has 1 atom stereocenters. The van der Waals surface area contributed by atoms with Crippen LogP contribution in [-0.2, 0) is 23.8 Å². The molecule has 0 aromatic heterocycles. The Bertz CT molecular complexity index is 545. The zero-order valence-electron chi connectivity index (χ0n) is 13.5. The summed E-state index contributed by atoms with van der Waals surface area (Å²) >= 11 is 0. The van der Waals surface area contributed by atoms with Crippen molar-refractivity contribution < 1.29 is 28.6 Å². The molecule has 1 aromatic rings. The number of hydrogen-bond acceptors (Lipinski definition) is 6. The van der Waals surface area contributed by atoms with Gasteiger partial charge in [0.15, 0.2) is 0 Å². The molecule has 0 spiro atoms. The zero-order valence-corrected chi connectivity index (χ0v) is 13.5. The van der Waals surface area contributed by atoms with Crippen molar-refractivity contribution in [3.8, 4) is 0 Å². The highest BCUT2D eigenvalue weighted by Gasteiger charge is 2.46. The molecule has 1 amide bonds. The summed E-state index contributed by atoms with van der Waals surface area (Å²) in [5, 5.41) is 2.39. The van der Waals surface area contributed by atoms with E-state index in [9.17, 15) is 14.4 Å². The lowest BCUT2D eigenvalue weighted by Gasteiger charge is -2.26. The van der Waals surface area contributed by atoms with Crippen LogP contribution in [0.2, 0.25) is 0 Å². The Hall–Kier alpha value is -2.41. The first-order valence-corrected chi connectivity index (χ1v) is 7.16. The monoisotopic (exact) mass is 323 g/mol. The molecule has 23 heavy (non-hydrogen) atoms. The number of benzene rings is 1. The highest BCUT2D eigenvalue weighted by atomic mass is 16.6. The summed E-state index contributed by atoms with van der Waals surface area (Å²) in [4.78, 5) is 36.6. The topological polar surface area (TPSA) is 90.9 Å². The van der Waals surface area contributed by atoms with Crippen LogP contribution in [0, 0.1) is 0 Å². The minimum Gasteiger partial charge on any atom is -0.464 e. The lowest BCUT2D eigenvalue weighted by molar-refractivity contribution is -0.165. The van der Waals surface area contributed by atoms with Gasteiger partial charge in [-0.3, -0.25) is 4.79 Å². The highest BCUT2D eigenvalue weighted by Crippen LogP contribution is 2.12. The first-order valence-electron chi connectivity index (χ1n) is 7.16. The molecule has 0 saturated heterocycles. The minimum atomic E-state index is -1.93. The van der Waals surface area contributed by atoms with E-state index < -0.39 is 23.4 Å². The Morgan fingerprint density at radius 2 is 1.65 bits per heavy atom. The molecule has 0 heterocycles. The Morgan fingerprint density at radius 3 is 2.22 bits per heavy atom. The van der Waals surface area contributed by atoms with E-state index in [1.165, 1.54) is 14.0 Å². The van der Waals surface area contributed by atoms with Crippen molar-refractivity contribution in [3.63, 3.8) is 0 Å². The molecule has 0 fully saturated rings. The number of hydrogen-bond donors (Lipinski definition) is 1. The van der Waals surface area contributed by atoms with Crippen molar-refractivity contribution in [2.24, 2.45) is 0 Å². The number of nitrogens with one attached hydrogen (secondary N) is 1. The lowest BCUT2D eigenvalue weighted by Crippen LogP contribution is -2.59. The van der Waals surface area contributed by atoms with Crippen molar-refractivity contribution in [2.45, 2.75) is 19.4 Å². The summed E-state index contributed by atoms with van der Waals surface area (Å²) in [5.41, 5.74) is -1.62. The van der Waals surface area contributed by atoms with Gasteiger partial charge in [-0.15, -0.1) is 0 Å². The van der Waals surface area contributed by atoms with Gasteiger partial charge >= 0.3 is 11.9 Å². The Balaban J connectivity index is 2.93. The number of rotatable bonds is 8. The molecule has 126 valence electrons. The molecule has 0 unspecified atom stereocenters. The standard InChI is InChI=1S/C16H21NO6/c1-4-22-14(19)16(2,15(20)23-11-10-21-3)17-13(18)12-8-6-5-7-9-12/h5-9H,4,10-11H2,1-3H3,(H,17,18)/t16-/m1/s1. The maximum Gasteiger partial charge on any atom is 0.343 e. The molecular weight excluding hydrogens is 302 g/mol. The maximum atomic E-state index is 12.3. The van der Waals surface area contributed by atoms with Crippen LogP contribution in [0.25, 0.3) is 0 Å². The van der Waals surface area contributed by atoms with Gasteiger partial charge in [-0.25, -0.2) is 9.59 Å². The van der Waals surface area contributed by atoms with Crippen LogP contribution in [0.5, 0.6) is 0 Å². The molecule has 7 nitrogen and oxygen atoms in total. The average Bonchev–Trinajstić information content (AvgIpc) is 2.55. The van der Waals surface area contributed by atoms with E-state index in [2.05, 4.69) is 5.32 Å². The molecule has 1 aromatic carbocycles. The van der Waals surface area contributed by atoms with Gasteiger partial charge in [0.25, 0.3) is 5.91 Å². The summed E-state index contributed by atoms with van der Waals surface area (Å²) < 4.78 is 14.6. The smallest absolute Gasteiger partial charge is 0.343 e. The number of carbonyl (C=O) groups is 3. The third kappa shape index (κ3) is 5.07. The SMILES string of the molecule is CCOC(=O)[C@@](C)(NC(=O)c1ccccc1)C(=O)OCCOC. The highest BCUT2D eigenvalue weighted by molar-refractivity contribution is 6.09. The van der Waals surface area contributed by atoms with E-state index in [4.69, 9.17) is 14.2 Å². The largest absolute Gasteiger partial charge is 0.464 e. The molecule has 0 aliphatic heterocycles. The Morgan fingerprint density at radius 1 is 1.04 bits per heavy atom. The van der Waals surface area contributed by atoms with Gasteiger partial charge in [-0.1, -0.05) is 18.2 Å². The molecule has 0 aliphatic rings. The van der Waals surface area contributed by atoms with Crippen LogP contribution >= 0.6 is 0 Å². The fraction of sp³-hybridized carbons (Fsp3) is 0.438. The van der Waals surface area contributed by atoms with Gasteiger partial charge in [0, 0.05) is 12.7 Å². The van der Waals surface area contributed by atoms with Gasteiger partial charge < -0.3 is 19.5 Å². The van der Waals surface area contributed by atoms with Crippen LogP contribution in [0.4, 0.5) is 0 Å². The molecule has 0 aliphatic carbocycles. The lowest BCUT2D eigenvalue weighted by atomic mass is 10.0. The van der Waals surface area contributed by atoms with Gasteiger partial charge in [-0.05, 0) is 26.0 Å². The van der Waals surface area contributed by atoms with E-state index in [1.807, 2.05) is 0 Å². The van der Waals surface area contributed by atoms with Crippen LogP contribution in [0.1, 0.15) is 24.2 Å². The number of esters is 2. The van der Waals surface area contributed by atoms with Crippen molar-refractivity contribution in [1.82, 2.24) is 5.32 Å². The van der Waals surface area contributed by atoms with E-state index >= 15 is 0 Å². The number of carbonyl (C=O) groups excluding carboxylic acids is 3. The van der Waals surface area contributed by atoms with Crippen molar-refractivity contribution in [2.75, 3.05) is 26.9 Å². The fourth-order valence-corrected chi connectivity index (χ4v) is 1.71. The average molecular weight is 323 g/mol. The quantitative estimate of drug-likeness (QED) is 0.435. The second-order valence-electron chi connectivity index (χ2n) is 4.79. The molecule has 7 heteroatoms. The van der Waals surface area contributed by atoms with Gasteiger partial charge in [0.2, 0.25) is 5.54 Å². The van der Waals surface area contributed by atoms with Crippen LogP contribution in [-0.4, -0.2) is 50.3 Å². The maximum absolute atomic E-state index is 12.3. The van der Waals surface area contributed by atoms with E-state index in [-0.39, 0.29) is 19.8 Å². The summed E-state index contributed by atoms with van der Waals surface area (Å²) in [6.07, 6.45) is 0. The number of ether oxygens (including phenoxy) is 3.